The van der Waals surface area contributed by atoms with E-state index in [1.807, 2.05) is 43.3 Å². The van der Waals surface area contributed by atoms with Crippen molar-refractivity contribution >= 4 is 16.7 Å². The largest absolute Gasteiger partial charge is 0.469 e. The average molecular weight is 244 g/mol. The van der Waals surface area contributed by atoms with Crippen LogP contribution in [0.4, 0.5) is 0 Å². The maximum atomic E-state index is 11.5. The van der Waals surface area contributed by atoms with Crippen LogP contribution in [0.2, 0.25) is 0 Å². The molecule has 3 heteroatoms. The number of esters is 1. The van der Waals surface area contributed by atoms with Crippen LogP contribution in [0, 0.1) is 0 Å². The summed E-state index contributed by atoms with van der Waals surface area (Å²) in [6.07, 6.45) is 0. The molecule has 94 valence electrons. The first-order chi connectivity index (χ1) is 8.65. The van der Waals surface area contributed by atoms with E-state index in [2.05, 4.69) is 0 Å². The lowest BCUT2D eigenvalue weighted by Gasteiger charge is -2.10. The lowest BCUT2D eigenvalue weighted by Crippen LogP contribution is -2.10. The van der Waals surface area contributed by atoms with E-state index >= 15 is 0 Å². The SMILES string of the molecule is COC(=O)C(C)c1ccc2cc(CO)ccc2c1. The molecule has 0 radical (unpaired) electrons. The Hall–Kier alpha value is -1.87. The molecule has 1 unspecified atom stereocenters. The molecule has 0 aliphatic heterocycles. The van der Waals surface area contributed by atoms with E-state index in [0.29, 0.717) is 0 Å². The predicted octanol–water partition coefficient (Wildman–Crippen LogP) is 2.61. The van der Waals surface area contributed by atoms with E-state index in [9.17, 15) is 4.79 Å². The van der Waals surface area contributed by atoms with Gasteiger partial charge >= 0.3 is 5.97 Å². The number of aliphatic hydroxyl groups is 1. The Morgan fingerprint density at radius 2 is 1.89 bits per heavy atom. The van der Waals surface area contributed by atoms with Crippen molar-refractivity contribution < 1.29 is 14.6 Å². The van der Waals surface area contributed by atoms with Crippen LogP contribution >= 0.6 is 0 Å². The first-order valence-electron chi connectivity index (χ1n) is 5.87. The Bertz CT molecular complexity index is 575. The molecule has 0 fully saturated rings. The van der Waals surface area contributed by atoms with Crippen LogP contribution < -0.4 is 0 Å². The lowest BCUT2D eigenvalue weighted by atomic mass is 9.97. The second kappa shape index (κ2) is 5.19. The highest BCUT2D eigenvalue weighted by molar-refractivity contribution is 5.86. The fourth-order valence-electron chi connectivity index (χ4n) is 1.99. The smallest absolute Gasteiger partial charge is 0.312 e. The van der Waals surface area contributed by atoms with Gasteiger partial charge < -0.3 is 9.84 Å². The first-order valence-corrected chi connectivity index (χ1v) is 5.87. The molecule has 0 aliphatic rings. The molecule has 0 aromatic heterocycles. The number of methoxy groups -OCH3 is 1. The van der Waals surface area contributed by atoms with Crippen LogP contribution in [0.5, 0.6) is 0 Å². The van der Waals surface area contributed by atoms with Crippen molar-refractivity contribution in [2.45, 2.75) is 19.4 Å². The highest BCUT2D eigenvalue weighted by Crippen LogP contribution is 2.23. The zero-order chi connectivity index (χ0) is 13.1. The summed E-state index contributed by atoms with van der Waals surface area (Å²) in [7, 11) is 1.40. The molecule has 2 aromatic rings. The molecule has 18 heavy (non-hydrogen) atoms. The minimum absolute atomic E-state index is 0.0380. The zero-order valence-electron chi connectivity index (χ0n) is 10.5. The van der Waals surface area contributed by atoms with Gasteiger partial charge in [-0.3, -0.25) is 4.79 Å². The average Bonchev–Trinajstić information content (AvgIpc) is 2.44. The molecule has 2 aromatic carbocycles. The van der Waals surface area contributed by atoms with Gasteiger partial charge in [0.1, 0.15) is 0 Å². The quantitative estimate of drug-likeness (QED) is 0.844. The standard InChI is InChI=1S/C15H16O3/c1-10(15(17)18-2)12-5-6-13-7-11(9-16)3-4-14(13)8-12/h3-8,10,16H,9H2,1-2H3. The van der Waals surface area contributed by atoms with Crippen LogP contribution in [0.15, 0.2) is 36.4 Å². The number of carbonyl (C=O) groups is 1. The van der Waals surface area contributed by atoms with Crippen LogP contribution in [0.1, 0.15) is 24.0 Å². The van der Waals surface area contributed by atoms with Gasteiger partial charge in [0, 0.05) is 0 Å². The molecular formula is C15H16O3. The minimum Gasteiger partial charge on any atom is -0.469 e. The normalized spacial score (nSPS) is 12.4. The van der Waals surface area contributed by atoms with Crippen LogP contribution in [-0.2, 0) is 16.1 Å². The van der Waals surface area contributed by atoms with Crippen molar-refractivity contribution in [3.63, 3.8) is 0 Å². The summed E-state index contributed by atoms with van der Waals surface area (Å²) in [6.45, 7) is 1.87. The molecule has 0 spiro atoms. The summed E-state index contributed by atoms with van der Waals surface area (Å²) < 4.78 is 4.74. The number of hydrogen-bond donors (Lipinski definition) is 1. The van der Waals surface area contributed by atoms with Gasteiger partial charge in [0.25, 0.3) is 0 Å². The topological polar surface area (TPSA) is 46.5 Å². The monoisotopic (exact) mass is 244 g/mol. The van der Waals surface area contributed by atoms with Crippen LogP contribution in [0.25, 0.3) is 10.8 Å². The van der Waals surface area contributed by atoms with Gasteiger partial charge in [-0.2, -0.15) is 0 Å². The predicted molar refractivity (Wildman–Crippen MR) is 70.3 cm³/mol. The molecule has 0 aliphatic carbocycles. The third-order valence-electron chi connectivity index (χ3n) is 3.17. The third-order valence-corrected chi connectivity index (χ3v) is 3.17. The van der Waals surface area contributed by atoms with Gasteiger partial charge in [0.2, 0.25) is 0 Å². The number of carbonyl (C=O) groups excluding carboxylic acids is 1. The molecule has 1 atom stereocenters. The van der Waals surface area contributed by atoms with E-state index in [4.69, 9.17) is 9.84 Å². The Balaban J connectivity index is 2.42. The first kappa shape index (κ1) is 12.6. The fourth-order valence-corrected chi connectivity index (χ4v) is 1.99. The maximum Gasteiger partial charge on any atom is 0.312 e. The van der Waals surface area contributed by atoms with Crippen molar-refractivity contribution in [2.75, 3.05) is 7.11 Å². The fraction of sp³-hybridized carbons (Fsp3) is 0.267. The summed E-state index contributed by atoms with van der Waals surface area (Å²) in [5.41, 5.74) is 1.82. The van der Waals surface area contributed by atoms with E-state index in [0.717, 1.165) is 21.9 Å². The zero-order valence-corrected chi connectivity index (χ0v) is 10.5. The molecular weight excluding hydrogens is 228 g/mol. The van der Waals surface area contributed by atoms with Gasteiger partial charge in [-0.15, -0.1) is 0 Å². The van der Waals surface area contributed by atoms with Crippen LogP contribution in [0.3, 0.4) is 0 Å². The number of ether oxygens (including phenoxy) is 1. The number of fused-ring (bicyclic) bond motifs is 1. The van der Waals surface area contributed by atoms with Crippen molar-refractivity contribution in [3.05, 3.63) is 47.5 Å². The number of aliphatic hydroxyl groups excluding tert-OH is 1. The molecule has 3 nitrogen and oxygen atoms in total. The Morgan fingerprint density at radius 1 is 1.22 bits per heavy atom. The van der Waals surface area contributed by atoms with E-state index in [1.54, 1.807) is 0 Å². The van der Waals surface area contributed by atoms with Gasteiger partial charge in [-0.05, 0) is 34.9 Å². The van der Waals surface area contributed by atoms with Crippen LogP contribution in [-0.4, -0.2) is 18.2 Å². The van der Waals surface area contributed by atoms with Gasteiger partial charge in [0.05, 0.1) is 19.6 Å². The van der Waals surface area contributed by atoms with Crippen molar-refractivity contribution in [2.24, 2.45) is 0 Å². The van der Waals surface area contributed by atoms with Crippen molar-refractivity contribution in [1.29, 1.82) is 0 Å². The molecule has 0 saturated heterocycles. The number of rotatable bonds is 3. The molecule has 0 bridgehead atoms. The summed E-state index contributed by atoms with van der Waals surface area (Å²) in [4.78, 5) is 11.5. The second-order valence-corrected chi connectivity index (χ2v) is 4.34. The minimum atomic E-state index is -0.267. The molecule has 0 saturated carbocycles. The van der Waals surface area contributed by atoms with Crippen molar-refractivity contribution in [3.8, 4) is 0 Å². The second-order valence-electron chi connectivity index (χ2n) is 4.34. The Morgan fingerprint density at radius 3 is 2.56 bits per heavy atom. The van der Waals surface area contributed by atoms with Crippen molar-refractivity contribution in [1.82, 2.24) is 0 Å². The highest BCUT2D eigenvalue weighted by atomic mass is 16.5. The highest BCUT2D eigenvalue weighted by Gasteiger charge is 2.15. The van der Waals surface area contributed by atoms with E-state index in [-0.39, 0.29) is 18.5 Å². The Labute approximate surface area is 106 Å². The molecule has 0 amide bonds. The van der Waals surface area contributed by atoms with E-state index < -0.39 is 0 Å². The third kappa shape index (κ3) is 2.36. The van der Waals surface area contributed by atoms with Gasteiger partial charge in [-0.25, -0.2) is 0 Å². The summed E-state index contributed by atoms with van der Waals surface area (Å²) >= 11 is 0. The summed E-state index contributed by atoms with van der Waals surface area (Å²) in [6, 6.07) is 11.7. The van der Waals surface area contributed by atoms with E-state index in [1.165, 1.54) is 7.11 Å². The maximum absolute atomic E-state index is 11.5. The molecule has 0 heterocycles. The molecule has 2 rings (SSSR count). The lowest BCUT2D eigenvalue weighted by molar-refractivity contribution is -0.141. The molecule has 1 N–H and O–H groups in total. The summed E-state index contributed by atoms with van der Waals surface area (Å²) in [5.74, 6) is -0.502. The van der Waals surface area contributed by atoms with Gasteiger partial charge in [-0.1, -0.05) is 30.3 Å². The summed E-state index contributed by atoms with van der Waals surface area (Å²) in [5, 5.41) is 11.2. The number of benzene rings is 2. The van der Waals surface area contributed by atoms with Gasteiger partial charge in [0.15, 0.2) is 0 Å². The Kier molecular flexibility index (Phi) is 3.63. The number of hydrogen-bond acceptors (Lipinski definition) is 3.